The van der Waals surface area contributed by atoms with E-state index >= 15 is 0 Å². The maximum absolute atomic E-state index is 11.7. The van der Waals surface area contributed by atoms with Gasteiger partial charge >= 0.3 is 0 Å². The van der Waals surface area contributed by atoms with Crippen molar-refractivity contribution in [2.24, 2.45) is 5.92 Å². The van der Waals surface area contributed by atoms with Crippen LogP contribution in [0.3, 0.4) is 0 Å². The van der Waals surface area contributed by atoms with Crippen LogP contribution in [0.5, 0.6) is 0 Å². The maximum atomic E-state index is 11.7. The second-order valence-corrected chi connectivity index (χ2v) is 6.23. The van der Waals surface area contributed by atoms with E-state index in [0.29, 0.717) is 11.3 Å². The molecule has 0 N–H and O–H groups in total. The number of hydrogen-bond acceptors (Lipinski definition) is 2. The lowest BCUT2D eigenvalue weighted by Gasteiger charge is -2.34. The largest absolute Gasteiger partial charge is 0.366 e. The highest BCUT2D eigenvalue weighted by molar-refractivity contribution is 6.21. The molecule has 0 spiro atoms. The summed E-state index contributed by atoms with van der Waals surface area (Å²) in [6.07, 6.45) is 2.05. The van der Waals surface area contributed by atoms with Gasteiger partial charge < -0.3 is 9.64 Å². The third-order valence-corrected chi connectivity index (χ3v) is 3.12. The molecular weight excluding hydrogens is 226 g/mol. The van der Waals surface area contributed by atoms with Crippen LogP contribution < -0.4 is 0 Å². The molecule has 3 nitrogen and oxygen atoms in total. The minimum atomic E-state index is -0.256. The Morgan fingerprint density at radius 1 is 1.44 bits per heavy atom. The highest BCUT2D eigenvalue weighted by Gasteiger charge is 2.29. The first-order chi connectivity index (χ1) is 7.28. The summed E-state index contributed by atoms with van der Waals surface area (Å²) in [4.78, 5) is 13.5. The quantitative estimate of drug-likeness (QED) is 0.714. The van der Waals surface area contributed by atoms with E-state index in [0.717, 1.165) is 19.4 Å². The zero-order chi connectivity index (χ0) is 12.3. The lowest BCUT2D eigenvalue weighted by molar-refractivity contribution is -0.140. The van der Waals surface area contributed by atoms with Gasteiger partial charge in [-0.3, -0.25) is 4.79 Å². The van der Waals surface area contributed by atoms with Crippen molar-refractivity contribution in [1.29, 1.82) is 0 Å². The fourth-order valence-electron chi connectivity index (χ4n) is 1.68. The number of carbonyl (C=O) groups is 1. The van der Waals surface area contributed by atoms with E-state index in [-0.39, 0.29) is 18.1 Å². The van der Waals surface area contributed by atoms with Gasteiger partial charge in [0.05, 0.1) is 5.60 Å². The van der Waals surface area contributed by atoms with Gasteiger partial charge in [0.25, 0.3) is 0 Å². The van der Waals surface area contributed by atoms with Crippen LogP contribution in [0.25, 0.3) is 0 Å². The molecule has 1 rings (SSSR count). The van der Waals surface area contributed by atoms with Gasteiger partial charge in [-0.1, -0.05) is 0 Å². The molecule has 94 valence electrons. The second-order valence-electron chi connectivity index (χ2n) is 5.61. The SMILES string of the molecule is CN(CC1CC(Cl)C1)C(=O)COC(C)(C)C. The third-order valence-electron chi connectivity index (χ3n) is 2.76. The molecule has 0 aromatic heterocycles. The minimum absolute atomic E-state index is 0.0490. The Bertz CT molecular complexity index is 244. The number of halogens is 1. The Kier molecular flexibility index (Phi) is 4.62. The van der Waals surface area contributed by atoms with Gasteiger partial charge in [-0.15, -0.1) is 11.6 Å². The average molecular weight is 248 g/mol. The standard InChI is InChI=1S/C12H22ClNO2/c1-12(2,3)16-8-11(15)14(4)7-9-5-10(13)6-9/h9-10H,5-8H2,1-4H3. The summed E-state index contributed by atoms with van der Waals surface area (Å²) in [6, 6.07) is 0. The van der Waals surface area contributed by atoms with Crippen molar-refractivity contribution in [1.82, 2.24) is 4.90 Å². The number of nitrogens with zero attached hydrogens (tertiary/aromatic N) is 1. The highest BCUT2D eigenvalue weighted by Crippen LogP contribution is 2.32. The smallest absolute Gasteiger partial charge is 0.248 e. The Morgan fingerprint density at radius 2 is 2.00 bits per heavy atom. The Balaban J connectivity index is 2.20. The molecule has 1 aliphatic carbocycles. The molecule has 1 fully saturated rings. The van der Waals surface area contributed by atoms with E-state index < -0.39 is 0 Å². The molecule has 0 heterocycles. The molecule has 1 amide bonds. The van der Waals surface area contributed by atoms with Crippen molar-refractivity contribution in [2.45, 2.75) is 44.6 Å². The van der Waals surface area contributed by atoms with Crippen molar-refractivity contribution < 1.29 is 9.53 Å². The van der Waals surface area contributed by atoms with Crippen LogP contribution in [0.2, 0.25) is 0 Å². The molecule has 0 saturated heterocycles. The Hall–Kier alpha value is -0.280. The predicted octanol–water partition coefficient (Wildman–Crippen LogP) is 2.28. The summed E-state index contributed by atoms with van der Waals surface area (Å²) in [5.41, 5.74) is -0.256. The molecular formula is C12H22ClNO2. The van der Waals surface area contributed by atoms with Crippen LogP contribution in [-0.2, 0) is 9.53 Å². The van der Waals surface area contributed by atoms with E-state index in [2.05, 4.69) is 0 Å². The van der Waals surface area contributed by atoms with Crippen LogP contribution >= 0.6 is 11.6 Å². The number of rotatable bonds is 4. The fraction of sp³-hybridized carbons (Fsp3) is 0.917. The molecule has 0 atom stereocenters. The van der Waals surface area contributed by atoms with Gasteiger partial charge in [0.1, 0.15) is 6.61 Å². The number of likely N-dealkylation sites (N-methyl/N-ethyl adjacent to an activating group) is 1. The fourth-order valence-corrected chi connectivity index (χ4v) is 2.18. The zero-order valence-corrected chi connectivity index (χ0v) is 11.4. The van der Waals surface area contributed by atoms with Gasteiger partial charge in [0.15, 0.2) is 0 Å². The first kappa shape index (κ1) is 13.8. The molecule has 0 aliphatic heterocycles. The normalized spacial score (nSPS) is 25.1. The van der Waals surface area contributed by atoms with E-state index in [1.54, 1.807) is 4.90 Å². The van der Waals surface area contributed by atoms with Crippen LogP contribution in [0.15, 0.2) is 0 Å². The molecule has 0 aromatic carbocycles. The van der Waals surface area contributed by atoms with E-state index in [1.165, 1.54) is 0 Å². The van der Waals surface area contributed by atoms with Gasteiger partial charge in [0, 0.05) is 19.0 Å². The number of ether oxygens (including phenoxy) is 1. The molecule has 0 aromatic rings. The molecule has 1 saturated carbocycles. The minimum Gasteiger partial charge on any atom is -0.366 e. The van der Waals surface area contributed by atoms with Crippen molar-refractivity contribution in [3.8, 4) is 0 Å². The molecule has 0 bridgehead atoms. The molecule has 16 heavy (non-hydrogen) atoms. The summed E-state index contributed by atoms with van der Waals surface area (Å²) in [5.74, 6) is 0.624. The maximum Gasteiger partial charge on any atom is 0.248 e. The van der Waals surface area contributed by atoms with Crippen molar-refractivity contribution in [3.05, 3.63) is 0 Å². The highest BCUT2D eigenvalue weighted by atomic mass is 35.5. The van der Waals surface area contributed by atoms with Crippen LogP contribution in [0.4, 0.5) is 0 Å². The van der Waals surface area contributed by atoms with E-state index in [9.17, 15) is 4.79 Å². The van der Waals surface area contributed by atoms with Gasteiger partial charge in [0.2, 0.25) is 5.91 Å². The van der Waals surface area contributed by atoms with E-state index in [4.69, 9.17) is 16.3 Å². The topological polar surface area (TPSA) is 29.5 Å². The number of carbonyl (C=O) groups excluding carboxylic acids is 1. The van der Waals surface area contributed by atoms with E-state index in [1.807, 2.05) is 27.8 Å². The summed E-state index contributed by atoms with van der Waals surface area (Å²) >= 11 is 5.90. The van der Waals surface area contributed by atoms with Gasteiger partial charge in [-0.2, -0.15) is 0 Å². The number of amides is 1. The summed E-state index contributed by atoms with van der Waals surface area (Å²) in [7, 11) is 1.83. The molecule has 4 heteroatoms. The lowest BCUT2D eigenvalue weighted by atomic mass is 9.84. The van der Waals surface area contributed by atoms with Crippen LogP contribution in [0, 0.1) is 5.92 Å². The lowest BCUT2D eigenvalue weighted by Crippen LogP contribution is -2.40. The third kappa shape index (κ3) is 4.71. The molecule has 0 unspecified atom stereocenters. The monoisotopic (exact) mass is 247 g/mol. The average Bonchev–Trinajstić information content (AvgIpc) is 2.10. The number of alkyl halides is 1. The summed E-state index contributed by atoms with van der Waals surface area (Å²) in [5, 5.41) is 0.319. The van der Waals surface area contributed by atoms with Crippen molar-refractivity contribution >= 4 is 17.5 Å². The van der Waals surface area contributed by atoms with Crippen LogP contribution in [0.1, 0.15) is 33.6 Å². The summed E-state index contributed by atoms with van der Waals surface area (Å²) in [6.45, 7) is 6.81. The molecule has 1 aliphatic rings. The van der Waals surface area contributed by atoms with Crippen molar-refractivity contribution in [3.63, 3.8) is 0 Å². The predicted molar refractivity (Wildman–Crippen MR) is 65.7 cm³/mol. The van der Waals surface area contributed by atoms with Crippen LogP contribution in [-0.4, -0.2) is 42.0 Å². The number of hydrogen-bond donors (Lipinski definition) is 0. The zero-order valence-electron chi connectivity index (χ0n) is 10.6. The Morgan fingerprint density at radius 3 is 2.44 bits per heavy atom. The molecule has 0 radical (unpaired) electrons. The Labute approximate surface area is 103 Å². The van der Waals surface area contributed by atoms with Crippen molar-refractivity contribution in [2.75, 3.05) is 20.2 Å². The second kappa shape index (κ2) is 5.37. The first-order valence-electron chi connectivity index (χ1n) is 5.80. The van der Waals surface area contributed by atoms with Gasteiger partial charge in [-0.05, 0) is 39.5 Å². The summed E-state index contributed by atoms with van der Waals surface area (Å²) < 4.78 is 5.45. The van der Waals surface area contributed by atoms with Gasteiger partial charge in [-0.25, -0.2) is 0 Å². The first-order valence-corrected chi connectivity index (χ1v) is 6.23.